The molecule has 3 heteroatoms. The number of benzene rings is 1. The van der Waals surface area contributed by atoms with E-state index in [4.69, 9.17) is 0 Å². The van der Waals surface area contributed by atoms with Crippen molar-refractivity contribution in [3.05, 3.63) is 35.4 Å². The lowest BCUT2D eigenvalue weighted by Gasteiger charge is -2.32. The fraction of sp³-hybridized carbons (Fsp3) is 0.533. The Hall–Kier alpha value is -1.35. The second-order valence-corrected chi connectivity index (χ2v) is 5.29. The zero-order chi connectivity index (χ0) is 13.1. The molecule has 0 bridgehead atoms. The fourth-order valence-electron chi connectivity index (χ4n) is 2.37. The third-order valence-electron chi connectivity index (χ3n) is 3.95. The lowest BCUT2D eigenvalue weighted by atomic mass is 9.88. The van der Waals surface area contributed by atoms with Crippen molar-refractivity contribution in [3.8, 4) is 0 Å². The molecule has 0 spiro atoms. The van der Waals surface area contributed by atoms with Crippen molar-refractivity contribution < 1.29 is 4.79 Å². The van der Waals surface area contributed by atoms with Crippen LogP contribution in [0.15, 0.2) is 24.3 Å². The van der Waals surface area contributed by atoms with Crippen LogP contribution in [0.4, 0.5) is 0 Å². The van der Waals surface area contributed by atoms with E-state index >= 15 is 0 Å². The Morgan fingerprint density at radius 1 is 1.33 bits per heavy atom. The minimum atomic E-state index is 0.0779. The average molecular weight is 246 g/mol. The quantitative estimate of drug-likeness (QED) is 0.853. The Kier molecular flexibility index (Phi) is 4.02. The number of hydrogen-bond donors (Lipinski definition) is 2. The minimum absolute atomic E-state index is 0.0779. The minimum Gasteiger partial charge on any atom is -0.349 e. The van der Waals surface area contributed by atoms with Gasteiger partial charge in [0.2, 0.25) is 5.91 Å². The molecule has 0 radical (unpaired) electrons. The van der Waals surface area contributed by atoms with Gasteiger partial charge in [-0.05, 0) is 44.0 Å². The third-order valence-corrected chi connectivity index (χ3v) is 3.95. The second-order valence-electron chi connectivity index (χ2n) is 5.29. The SMILES string of the molecule is Cc1ccccc1C(C)NC(=O)C(C)C1CNC1. The molecule has 1 heterocycles. The van der Waals surface area contributed by atoms with Crippen molar-refractivity contribution in [2.75, 3.05) is 13.1 Å². The number of amides is 1. The Bertz CT molecular complexity index is 426. The van der Waals surface area contributed by atoms with Gasteiger partial charge in [0.15, 0.2) is 0 Å². The number of hydrogen-bond acceptors (Lipinski definition) is 2. The Labute approximate surface area is 109 Å². The van der Waals surface area contributed by atoms with E-state index in [9.17, 15) is 4.79 Å². The molecule has 0 aromatic heterocycles. The summed E-state index contributed by atoms with van der Waals surface area (Å²) in [7, 11) is 0. The maximum absolute atomic E-state index is 12.1. The van der Waals surface area contributed by atoms with E-state index in [-0.39, 0.29) is 17.9 Å². The summed E-state index contributed by atoms with van der Waals surface area (Å²) in [6, 6.07) is 8.28. The Morgan fingerprint density at radius 2 is 2.00 bits per heavy atom. The first kappa shape index (κ1) is 13.1. The standard InChI is InChI=1S/C15H22N2O/c1-10-6-4-5-7-14(10)12(3)17-15(18)11(2)13-8-16-9-13/h4-7,11-13,16H,8-9H2,1-3H3,(H,17,18). The summed E-state index contributed by atoms with van der Waals surface area (Å²) in [6.07, 6.45) is 0. The molecule has 98 valence electrons. The summed E-state index contributed by atoms with van der Waals surface area (Å²) >= 11 is 0. The summed E-state index contributed by atoms with van der Waals surface area (Å²) < 4.78 is 0. The Balaban J connectivity index is 1.96. The van der Waals surface area contributed by atoms with Crippen LogP contribution in [-0.4, -0.2) is 19.0 Å². The van der Waals surface area contributed by atoms with Crippen molar-refractivity contribution in [3.63, 3.8) is 0 Å². The molecule has 2 rings (SSSR count). The van der Waals surface area contributed by atoms with Crippen LogP contribution < -0.4 is 10.6 Å². The summed E-state index contributed by atoms with van der Waals surface area (Å²) in [6.45, 7) is 8.08. The molecule has 1 aromatic carbocycles. The van der Waals surface area contributed by atoms with Crippen LogP contribution >= 0.6 is 0 Å². The predicted molar refractivity (Wildman–Crippen MR) is 73.3 cm³/mol. The molecule has 18 heavy (non-hydrogen) atoms. The van der Waals surface area contributed by atoms with E-state index < -0.39 is 0 Å². The van der Waals surface area contributed by atoms with E-state index in [0.29, 0.717) is 5.92 Å². The van der Waals surface area contributed by atoms with Crippen LogP contribution in [0.1, 0.15) is 31.0 Å². The van der Waals surface area contributed by atoms with Crippen LogP contribution in [-0.2, 0) is 4.79 Å². The monoisotopic (exact) mass is 246 g/mol. The van der Waals surface area contributed by atoms with E-state index in [0.717, 1.165) is 13.1 Å². The molecule has 1 aliphatic rings. The molecule has 0 aliphatic carbocycles. The topological polar surface area (TPSA) is 41.1 Å². The zero-order valence-corrected chi connectivity index (χ0v) is 11.4. The summed E-state index contributed by atoms with van der Waals surface area (Å²) in [5, 5.41) is 6.33. The molecule has 1 aromatic rings. The van der Waals surface area contributed by atoms with Crippen molar-refractivity contribution in [1.82, 2.24) is 10.6 Å². The molecule has 1 amide bonds. The highest BCUT2D eigenvalue weighted by molar-refractivity contribution is 5.79. The van der Waals surface area contributed by atoms with E-state index in [1.54, 1.807) is 0 Å². The van der Waals surface area contributed by atoms with Crippen LogP contribution in [0.25, 0.3) is 0 Å². The normalized spacial score (nSPS) is 18.8. The van der Waals surface area contributed by atoms with Crippen molar-refractivity contribution in [2.45, 2.75) is 26.8 Å². The maximum atomic E-state index is 12.1. The Morgan fingerprint density at radius 3 is 2.56 bits per heavy atom. The first-order valence-electron chi connectivity index (χ1n) is 6.66. The van der Waals surface area contributed by atoms with Gasteiger partial charge in [0.05, 0.1) is 6.04 Å². The number of rotatable bonds is 4. The summed E-state index contributed by atoms with van der Waals surface area (Å²) in [5.41, 5.74) is 2.42. The molecular weight excluding hydrogens is 224 g/mol. The van der Waals surface area contributed by atoms with Gasteiger partial charge >= 0.3 is 0 Å². The van der Waals surface area contributed by atoms with Gasteiger partial charge in [0.25, 0.3) is 0 Å². The first-order valence-corrected chi connectivity index (χ1v) is 6.66. The van der Waals surface area contributed by atoms with E-state index in [1.807, 2.05) is 26.0 Å². The highest BCUT2D eigenvalue weighted by Crippen LogP contribution is 2.20. The molecular formula is C15H22N2O. The maximum Gasteiger partial charge on any atom is 0.223 e. The van der Waals surface area contributed by atoms with Gasteiger partial charge in [-0.2, -0.15) is 0 Å². The van der Waals surface area contributed by atoms with Crippen molar-refractivity contribution in [2.24, 2.45) is 11.8 Å². The smallest absolute Gasteiger partial charge is 0.223 e. The van der Waals surface area contributed by atoms with E-state index in [1.165, 1.54) is 11.1 Å². The second kappa shape index (κ2) is 5.53. The van der Waals surface area contributed by atoms with Gasteiger partial charge in [-0.25, -0.2) is 0 Å². The van der Waals surface area contributed by atoms with Crippen LogP contribution in [0, 0.1) is 18.8 Å². The van der Waals surface area contributed by atoms with Gasteiger partial charge in [-0.3, -0.25) is 4.79 Å². The largest absolute Gasteiger partial charge is 0.349 e. The number of carbonyl (C=O) groups is 1. The molecule has 2 unspecified atom stereocenters. The molecule has 1 saturated heterocycles. The average Bonchev–Trinajstić information content (AvgIpc) is 2.26. The predicted octanol–water partition coefficient (Wildman–Crippen LogP) is 2.03. The van der Waals surface area contributed by atoms with Crippen LogP contribution in [0.5, 0.6) is 0 Å². The van der Waals surface area contributed by atoms with Gasteiger partial charge in [0.1, 0.15) is 0 Å². The van der Waals surface area contributed by atoms with E-state index in [2.05, 4.69) is 29.7 Å². The van der Waals surface area contributed by atoms with Crippen molar-refractivity contribution in [1.29, 1.82) is 0 Å². The lowest BCUT2D eigenvalue weighted by Crippen LogP contribution is -2.49. The summed E-state index contributed by atoms with van der Waals surface area (Å²) in [4.78, 5) is 12.1. The zero-order valence-electron chi connectivity index (χ0n) is 11.4. The van der Waals surface area contributed by atoms with Gasteiger partial charge in [-0.15, -0.1) is 0 Å². The molecule has 1 fully saturated rings. The third kappa shape index (κ3) is 2.72. The van der Waals surface area contributed by atoms with Gasteiger partial charge < -0.3 is 10.6 Å². The highest BCUT2D eigenvalue weighted by atomic mass is 16.1. The van der Waals surface area contributed by atoms with Crippen molar-refractivity contribution >= 4 is 5.91 Å². The number of carbonyl (C=O) groups excluding carboxylic acids is 1. The van der Waals surface area contributed by atoms with Crippen LogP contribution in [0.2, 0.25) is 0 Å². The number of nitrogens with one attached hydrogen (secondary N) is 2. The molecule has 0 saturated carbocycles. The molecule has 2 atom stereocenters. The molecule has 2 N–H and O–H groups in total. The van der Waals surface area contributed by atoms with Gasteiger partial charge in [0, 0.05) is 5.92 Å². The summed E-state index contributed by atoms with van der Waals surface area (Å²) in [5.74, 6) is 0.754. The fourth-order valence-corrected chi connectivity index (χ4v) is 2.37. The van der Waals surface area contributed by atoms with Crippen LogP contribution in [0.3, 0.4) is 0 Å². The lowest BCUT2D eigenvalue weighted by molar-refractivity contribution is -0.127. The molecule has 3 nitrogen and oxygen atoms in total. The molecule has 1 aliphatic heterocycles. The highest BCUT2D eigenvalue weighted by Gasteiger charge is 2.29. The number of aryl methyl sites for hydroxylation is 1. The van der Waals surface area contributed by atoms with Gasteiger partial charge in [-0.1, -0.05) is 31.2 Å². The first-order chi connectivity index (χ1) is 8.59.